The fourth-order valence-corrected chi connectivity index (χ4v) is 0.326. The van der Waals surface area contributed by atoms with Crippen LogP contribution in [0.1, 0.15) is 0 Å². The van der Waals surface area contributed by atoms with Gasteiger partial charge in [-0.25, -0.2) is 0 Å². The van der Waals surface area contributed by atoms with Crippen LogP contribution in [0.5, 0.6) is 0 Å². The second-order valence-corrected chi connectivity index (χ2v) is 1.17. The molecule has 0 radical (unpaired) electrons. The van der Waals surface area contributed by atoms with Crippen LogP contribution in [0, 0.1) is 10.1 Å². The predicted molar refractivity (Wildman–Crippen MR) is 29.4 cm³/mol. The molecule has 1 heterocycles. The Morgan fingerprint density at radius 1 is 1.45 bits per heavy atom. The minimum absolute atomic E-state index is 0. The third kappa shape index (κ3) is 4.67. The van der Waals surface area contributed by atoms with E-state index >= 15 is 0 Å². The van der Waals surface area contributed by atoms with Gasteiger partial charge in [-0.15, -0.1) is 15.2 Å². The van der Waals surface area contributed by atoms with Crippen LogP contribution in [-0.2, 0) is 0 Å². The Bertz CT molecular complexity index is 200. The monoisotopic (exact) mass is 169 g/mol. The molecule has 0 aliphatic rings. The third-order valence-corrected chi connectivity index (χ3v) is 0.583. The zero-order valence-electron chi connectivity index (χ0n) is 5.71. The van der Waals surface area contributed by atoms with E-state index in [1.807, 2.05) is 0 Å². The van der Waals surface area contributed by atoms with Crippen LogP contribution in [0.4, 0.5) is 0 Å². The third-order valence-electron chi connectivity index (χ3n) is 0.583. The van der Waals surface area contributed by atoms with Crippen LogP contribution >= 0.6 is 0 Å². The van der Waals surface area contributed by atoms with Gasteiger partial charge in [-0.1, -0.05) is 0 Å². The fourth-order valence-electron chi connectivity index (χ4n) is 0.326. The smallest absolute Gasteiger partial charge is 0.412 e. The Balaban J connectivity index is 0. The number of hydrogen-bond acceptors (Lipinski definition) is 4. The molecule has 0 amide bonds. The molecule has 1 aromatic rings. The van der Waals surface area contributed by atoms with E-state index in [-0.39, 0.29) is 35.0 Å². The molecule has 0 saturated heterocycles. The summed E-state index contributed by atoms with van der Waals surface area (Å²) in [6.07, 6.45) is 2.26. The molecule has 1 aromatic heterocycles. The minimum Gasteiger partial charge on any atom is -0.412 e. The van der Waals surface area contributed by atoms with Crippen molar-refractivity contribution >= 4 is 0 Å². The van der Waals surface area contributed by atoms with Crippen LogP contribution < -0.4 is 29.6 Å². The Kier molecular flexibility index (Phi) is 7.10. The molecule has 8 nitrogen and oxygen atoms in total. The Labute approximate surface area is 83.3 Å². The molecule has 0 saturated carbocycles. The van der Waals surface area contributed by atoms with Gasteiger partial charge in [0.1, 0.15) is 0 Å². The van der Waals surface area contributed by atoms with Gasteiger partial charge in [0.15, 0.2) is 12.7 Å². The summed E-state index contributed by atoms with van der Waals surface area (Å²) in [6, 6.07) is 0. The van der Waals surface area contributed by atoms with Crippen LogP contribution in [0.3, 0.4) is 0 Å². The van der Waals surface area contributed by atoms with Gasteiger partial charge in [0.2, 0.25) is 0 Å². The van der Waals surface area contributed by atoms with Crippen LogP contribution in [0.25, 0.3) is 5.53 Å². The van der Waals surface area contributed by atoms with E-state index < -0.39 is 5.03 Å². The molecule has 2 N–H and O–H groups in total. The number of aromatic nitrogens is 3. The van der Waals surface area contributed by atoms with Gasteiger partial charge >= 0.3 is 29.6 Å². The second-order valence-electron chi connectivity index (χ2n) is 1.17. The number of nitrogens with zero attached hydrogens (tertiary/aromatic N) is 5. The summed E-state index contributed by atoms with van der Waals surface area (Å²) in [5.74, 6) is 0. The molecule has 0 unspecified atom stereocenters. The summed E-state index contributed by atoms with van der Waals surface area (Å²) in [7, 11) is 0. The van der Waals surface area contributed by atoms with Gasteiger partial charge in [0.25, 0.3) is 0 Å². The molecule has 1 rings (SSSR count). The van der Waals surface area contributed by atoms with E-state index in [2.05, 4.69) is 15.7 Å². The van der Waals surface area contributed by atoms with Gasteiger partial charge in [-0.05, 0) is 0 Å². The summed E-state index contributed by atoms with van der Waals surface area (Å²) in [5.41, 5.74) is 2.83. The van der Waals surface area contributed by atoms with Crippen molar-refractivity contribution < 1.29 is 40.1 Å². The van der Waals surface area contributed by atoms with Gasteiger partial charge in [-0.2, -0.15) is 0 Å². The maximum Gasteiger partial charge on any atom is 1.00 e. The van der Waals surface area contributed by atoms with Crippen molar-refractivity contribution in [3.8, 4) is 0 Å². The summed E-state index contributed by atoms with van der Waals surface area (Å²) >= 11 is 0. The zero-order valence-corrected chi connectivity index (χ0v) is 7.71. The Morgan fingerprint density at radius 2 is 1.91 bits per heavy atom. The molecule has 0 bridgehead atoms. The first-order valence-electron chi connectivity index (χ1n) is 2.00. The Hall–Kier alpha value is -0.700. The van der Waals surface area contributed by atoms with E-state index in [1.54, 1.807) is 0 Å². The zero-order chi connectivity index (χ0) is 6.69. The molecular formula is C2H4N5NaO3. The van der Waals surface area contributed by atoms with Crippen molar-refractivity contribution in [2.75, 3.05) is 0 Å². The maximum absolute atomic E-state index is 9.63. The van der Waals surface area contributed by atoms with E-state index in [9.17, 15) is 10.1 Å². The van der Waals surface area contributed by atoms with Gasteiger partial charge < -0.3 is 15.6 Å². The average molecular weight is 169 g/mol. The van der Waals surface area contributed by atoms with Crippen molar-refractivity contribution in [1.29, 1.82) is 0 Å². The molecular weight excluding hydrogens is 165 g/mol. The predicted octanol–water partition coefficient (Wildman–Crippen LogP) is -4.21. The first-order chi connectivity index (χ1) is 4.29. The molecule has 56 valence electrons. The average Bonchev–Trinajstić information content (AvgIpc) is 2.15. The van der Waals surface area contributed by atoms with E-state index in [0.29, 0.717) is 0 Å². The quantitative estimate of drug-likeness (QED) is 0.253. The molecule has 9 heteroatoms. The molecule has 0 aliphatic heterocycles. The molecule has 0 fully saturated rings. The van der Waals surface area contributed by atoms with Gasteiger partial charge in [0.05, 0.1) is 0 Å². The topological polar surface area (TPSA) is 119 Å². The van der Waals surface area contributed by atoms with Crippen LogP contribution in [0.2, 0.25) is 0 Å². The standard InChI is InChI=1S/C2H2N5O2.Na.H2O/c8-7(9)5-6-1-3-4-2-6;;/h1-2H;;1H2/q-1;+1;. The summed E-state index contributed by atoms with van der Waals surface area (Å²) in [4.78, 5) is 9.63. The summed E-state index contributed by atoms with van der Waals surface area (Å²) < 4.78 is 0.903. The van der Waals surface area contributed by atoms with E-state index in [4.69, 9.17) is 0 Å². The second kappa shape index (κ2) is 6.04. The van der Waals surface area contributed by atoms with E-state index in [0.717, 1.165) is 17.3 Å². The maximum atomic E-state index is 9.63. The first kappa shape index (κ1) is 12.9. The van der Waals surface area contributed by atoms with Crippen molar-refractivity contribution in [2.45, 2.75) is 0 Å². The van der Waals surface area contributed by atoms with Crippen LogP contribution in [-0.4, -0.2) is 25.4 Å². The fraction of sp³-hybridized carbons (Fsp3) is 0. The number of nitro groups is 1. The van der Waals surface area contributed by atoms with Crippen molar-refractivity contribution in [3.05, 3.63) is 28.3 Å². The number of hydrogen-bond donors (Lipinski definition) is 0. The molecule has 0 spiro atoms. The molecule has 0 aromatic carbocycles. The minimum atomic E-state index is -0.830. The molecule has 0 aliphatic carbocycles. The largest absolute Gasteiger partial charge is 1.00 e. The van der Waals surface area contributed by atoms with Crippen molar-refractivity contribution in [3.63, 3.8) is 0 Å². The molecule has 0 atom stereocenters. The summed E-state index contributed by atoms with van der Waals surface area (Å²) in [6.45, 7) is 0. The SMILES string of the molecule is O.O=[N+]([O-])[N-]n1cnnc1.[Na+]. The van der Waals surface area contributed by atoms with Gasteiger partial charge in [0, 0.05) is 0 Å². The molecule has 11 heavy (non-hydrogen) atoms. The summed E-state index contributed by atoms with van der Waals surface area (Å²) in [5, 5.41) is 15.4. The number of rotatable bonds is 2. The van der Waals surface area contributed by atoms with Crippen LogP contribution in [0.15, 0.2) is 12.7 Å². The van der Waals surface area contributed by atoms with Crippen molar-refractivity contribution in [2.24, 2.45) is 0 Å². The first-order valence-corrected chi connectivity index (χ1v) is 2.00. The Morgan fingerprint density at radius 3 is 2.27 bits per heavy atom. The van der Waals surface area contributed by atoms with E-state index in [1.165, 1.54) is 0 Å². The normalized spacial score (nSPS) is 7.27. The van der Waals surface area contributed by atoms with Gasteiger partial charge in [-0.3, -0.25) is 10.2 Å². The van der Waals surface area contributed by atoms with Crippen molar-refractivity contribution in [1.82, 2.24) is 14.9 Å².